The van der Waals surface area contributed by atoms with Gasteiger partial charge in [0.15, 0.2) is 5.60 Å². The van der Waals surface area contributed by atoms with E-state index >= 15 is 0 Å². The van der Waals surface area contributed by atoms with Gasteiger partial charge in [-0.3, -0.25) is 10.0 Å². The number of aliphatic hydroxyl groups excluding tert-OH is 1. The molecule has 0 aliphatic rings. The molecule has 28 heavy (non-hydrogen) atoms. The molecule has 1 aromatic heterocycles. The summed E-state index contributed by atoms with van der Waals surface area (Å²) < 4.78 is 10.7. The molecule has 3 rings (SSSR count). The molecule has 0 fully saturated rings. The highest BCUT2D eigenvalue weighted by Crippen LogP contribution is 2.30. The number of benzene rings is 2. The number of aromatic nitrogens is 1. The van der Waals surface area contributed by atoms with Crippen LogP contribution >= 0.6 is 0 Å². The molecule has 2 atom stereocenters. The first-order valence-electron chi connectivity index (χ1n) is 8.78. The fourth-order valence-corrected chi connectivity index (χ4v) is 2.83. The van der Waals surface area contributed by atoms with Gasteiger partial charge < -0.3 is 14.4 Å². The van der Waals surface area contributed by atoms with E-state index in [0.29, 0.717) is 5.76 Å². The molecule has 0 aliphatic carbocycles. The maximum Gasteiger partial charge on any atom is 0.278 e. The van der Waals surface area contributed by atoms with E-state index in [1.807, 2.05) is 54.6 Å². The number of hydrogen-bond donors (Lipinski definition) is 3. The van der Waals surface area contributed by atoms with Crippen molar-refractivity contribution in [3.63, 3.8) is 0 Å². The lowest BCUT2D eigenvalue weighted by atomic mass is 9.95. The molecular formula is C21H22N2O5. The van der Waals surface area contributed by atoms with Crippen molar-refractivity contribution in [2.24, 2.45) is 0 Å². The van der Waals surface area contributed by atoms with E-state index in [-0.39, 0.29) is 12.3 Å². The molecule has 146 valence electrons. The molecule has 2 aromatic carbocycles. The van der Waals surface area contributed by atoms with Crippen molar-refractivity contribution in [2.75, 3.05) is 0 Å². The van der Waals surface area contributed by atoms with Gasteiger partial charge in [-0.2, -0.15) is 0 Å². The number of carbonyl (C=O) groups is 1. The normalized spacial score (nSPS) is 14.3. The van der Waals surface area contributed by atoms with Gasteiger partial charge >= 0.3 is 0 Å². The lowest BCUT2D eigenvalue weighted by Crippen LogP contribution is -2.50. The summed E-state index contributed by atoms with van der Waals surface area (Å²) in [5.41, 5.74) is 2.88. The Morgan fingerprint density at radius 3 is 2.39 bits per heavy atom. The van der Waals surface area contributed by atoms with Gasteiger partial charge in [0, 0.05) is 6.07 Å². The summed E-state index contributed by atoms with van der Waals surface area (Å²) in [6, 6.07) is 19.1. The quantitative estimate of drug-likeness (QED) is 0.428. The van der Waals surface area contributed by atoms with Crippen molar-refractivity contribution in [1.82, 2.24) is 10.6 Å². The standard InChI is InChI=1S/C21H22N2O5/c1-14-12-18(23-28-14)19(24)21(2,20(25)22-26)27-13-15-8-10-17(11-9-15)16-6-4-3-5-7-16/h3-12,19,24,26H,13H2,1-2H3,(H,22,25)/t19-,21-/m0/s1. The third kappa shape index (κ3) is 4.12. The van der Waals surface area contributed by atoms with E-state index < -0.39 is 17.6 Å². The molecule has 0 saturated heterocycles. The average molecular weight is 382 g/mol. The first kappa shape index (κ1) is 19.8. The van der Waals surface area contributed by atoms with Crippen LogP contribution in [0.2, 0.25) is 0 Å². The number of aryl methyl sites for hydroxylation is 1. The first-order chi connectivity index (χ1) is 13.4. The van der Waals surface area contributed by atoms with Crippen molar-refractivity contribution in [3.8, 4) is 11.1 Å². The van der Waals surface area contributed by atoms with Crippen molar-refractivity contribution in [3.05, 3.63) is 77.7 Å². The number of aliphatic hydroxyl groups is 1. The largest absolute Gasteiger partial charge is 0.383 e. The zero-order valence-electron chi connectivity index (χ0n) is 15.6. The van der Waals surface area contributed by atoms with Crippen LogP contribution in [0.1, 0.15) is 30.0 Å². The van der Waals surface area contributed by atoms with Crippen LogP contribution in [-0.4, -0.2) is 27.0 Å². The third-order valence-corrected chi connectivity index (χ3v) is 4.60. The van der Waals surface area contributed by atoms with Crippen LogP contribution in [0, 0.1) is 6.92 Å². The molecule has 0 unspecified atom stereocenters. The van der Waals surface area contributed by atoms with E-state index in [4.69, 9.17) is 14.5 Å². The van der Waals surface area contributed by atoms with Crippen LogP contribution in [0.25, 0.3) is 11.1 Å². The summed E-state index contributed by atoms with van der Waals surface area (Å²) in [5.74, 6) is -0.404. The van der Waals surface area contributed by atoms with Gasteiger partial charge in [0.1, 0.15) is 17.6 Å². The van der Waals surface area contributed by atoms with Crippen molar-refractivity contribution < 1.29 is 24.4 Å². The molecule has 1 heterocycles. The molecule has 0 saturated carbocycles. The van der Waals surface area contributed by atoms with Crippen LogP contribution in [-0.2, 0) is 16.1 Å². The second kappa shape index (κ2) is 8.35. The minimum atomic E-state index is -1.77. The Balaban J connectivity index is 1.76. The summed E-state index contributed by atoms with van der Waals surface area (Å²) in [4.78, 5) is 12.2. The number of nitrogens with one attached hydrogen (secondary N) is 1. The number of amides is 1. The predicted molar refractivity (Wildman–Crippen MR) is 101 cm³/mol. The highest BCUT2D eigenvalue weighted by atomic mass is 16.5. The highest BCUT2D eigenvalue weighted by molar-refractivity contribution is 5.84. The first-order valence-corrected chi connectivity index (χ1v) is 8.78. The monoisotopic (exact) mass is 382 g/mol. The Labute approximate surface area is 162 Å². The van der Waals surface area contributed by atoms with E-state index in [0.717, 1.165) is 16.7 Å². The lowest BCUT2D eigenvalue weighted by Gasteiger charge is -2.31. The van der Waals surface area contributed by atoms with Crippen LogP contribution in [0.5, 0.6) is 0 Å². The number of hydroxylamine groups is 1. The minimum Gasteiger partial charge on any atom is -0.383 e. The van der Waals surface area contributed by atoms with Crippen LogP contribution in [0.3, 0.4) is 0 Å². The number of hydrogen-bond acceptors (Lipinski definition) is 6. The molecule has 3 N–H and O–H groups in total. The van der Waals surface area contributed by atoms with Crippen molar-refractivity contribution in [1.29, 1.82) is 0 Å². The molecule has 0 bridgehead atoms. The zero-order valence-corrected chi connectivity index (χ0v) is 15.6. The topological polar surface area (TPSA) is 105 Å². The molecule has 1 amide bonds. The van der Waals surface area contributed by atoms with Gasteiger partial charge in [-0.25, -0.2) is 5.48 Å². The van der Waals surface area contributed by atoms with E-state index in [2.05, 4.69) is 5.16 Å². The summed E-state index contributed by atoms with van der Waals surface area (Å²) in [5, 5.41) is 23.4. The van der Waals surface area contributed by atoms with Crippen molar-refractivity contribution in [2.45, 2.75) is 32.2 Å². The number of ether oxygens (including phenoxy) is 1. The molecule has 0 radical (unpaired) electrons. The van der Waals surface area contributed by atoms with Gasteiger partial charge in [-0.1, -0.05) is 59.8 Å². The fraction of sp³-hybridized carbons (Fsp3) is 0.238. The minimum absolute atomic E-state index is 0.0485. The smallest absolute Gasteiger partial charge is 0.278 e. The summed E-state index contributed by atoms with van der Waals surface area (Å²) >= 11 is 0. The Morgan fingerprint density at radius 1 is 1.18 bits per heavy atom. The molecule has 0 spiro atoms. The summed E-state index contributed by atoms with van der Waals surface area (Å²) in [7, 11) is 0. The number of nitrogens with zero attached hydrogens (tertiary/aromatic N) is 1. The summed E-state index contributed by atoms with van der Waals surface area (Å²) in [6.45, 7) is 3.10. The van der Waals surface area contributed by atoms with Gasteiger partial charge in [0.2, 0.25) is 0 Å². The van der Waals surface area contributed by atoms with E-state index in [1.165, 1.54) is 13.0 Å². The Bertz CT molecular complexity index is 923. The third-order valence-electron chi connectivity index (χ3n) is 4.60. The lowest BCUT2D eigenvalue weighted by molar-refractivity contribution is -0.174. The molecule has 0 aliphatic heterocycles. The Morgan fingerprint density at radius 2 is 1.82 bits per heavy atom. The zero-order chi connectivity index (χ0) is 20.1. The van der Waals surface area contributed by atoms with Crippen LogP contribution < -0.4 is 5.48 Å². The molecule has 7 nitrogen and oxygen atoms in total. The number of rotatable bonds is 7. The highest BCUT2D eigenvalue weighted by Gasteiger charge is 2.44. The Hall–Kier alpha value is -3.00. The van der Waals surface area contributed by atoms with Gasteiger partial charge in [0.25, 0.3) is 5.91 Å². The predicted octanol–water partition coefficient (Wildman–Crippen LogP) is 3.16. The SMILES string of the molecule is Cc1cc([C@H](O)[C@](C)(OCc2ccc(-c3ccccc3)cc2)C(=O)NO)no1. The summed E-state index contributed by atoms with van der Waals surface area (Å²) in [6.07, 6.45) is -1.43. The van der Waals surface area contributed by atoms with Gasteiger partial charge in [-0.05, 0) is 30.5 Å². The molecule has 3 aromatic rings. The van der Waals surface area contributed by atoms with Crippen LogP contribution in [0.15, 0.2) is 65.2 Å². The fourth-order valence-electron chi connectivity index (χ4n) is 2.83. The van der Waals surface area contributed by atoms with Crippen LogP contribution in [0.4, 0.5) is 0 Å². The van der Waals surface area contributed by atoms with Crippen molar-refractivity contribution >= 4 is 5.91 Å². The van der Waals surface area contributed by atoms with E-state index in [1.54, 1.807) is 12.4 Å². The van der Waals surface area contributed by atoms with Gasteiger partial charge in [-0.15, -0.1) is 0 Å². The van der Waals surface area contributed by atoms with Gasteiger partial charge in [0.05, 0.1) is 6.61 Å². The number of carbonyl (C=O) groups excluding carboxylic acids is 1. The molecule has 7 heteroatoms. The molecular weight excluding hydrogens is 360 g/mol. The van der Waals surface area contributed by atoms with E-state index in [9.17, 15) is 9.90 Å². The maximum atomic E-state index is 12.2. The average Bonchev–Trinajstić information content (AvgIpc) is 3.18. The maximum absolute atomic E-state index is 12.2. The Kier molecular flexibility index (Phi) is 5.89. The second-order valence-corrected chi connectivity index (χ2v) is 6.66. The second-order valence-electron chi connectivity index (χ2n) is 6.66.